The second-order valence-electron chi connectivity index (χ2n) is 5.80. The summed E-state index contributed by atoms with van der Waals surface area (Å²) in [6.45, 7) is 2.42. The first kappa shape index (κ1) is 22.7. The van der Waals surface area contributed by atoms with Gasteiger partial charge in [0.2, 0.25) is 10.0 Å². The van der Waals surface area contributed by atoms with Crippen LogP contribution >= 0.6 is 24.0 Å². The fourth-order valence-electron chi connectivity index (χ4n) is 2.69. The molecule has 0 bridgehead atoms. The van der Waals surface area contributed by atoms with Crippen LogP contribution in [0.3, 0.4) is 0 Å². The Kier molecular flexibility index (Phi) is 9.37. The molecule has 1 aliphatic rings. The zero-order valence-electron chi connectivity index (χ0n) is 15.4. The molecule has 0 aliphatic carbocycles. The second-order valence-corrected chi connectivity index (χ2v) is 7.63. The number of guanidine groups is 1. The molecule has 1 aromatic rings. The van der Waals surface area contributed by atoms with Crippen LogP contribution in [0.1, 0.15) is 12.0 Å². The molecule has 0 saturated heterocycles. The number of ether oxygens (including phenoxy) is 1. The van der Waals surface area contributed by atoms with Gasteiger partial charge in [0.05, 0.1) is 13.4 Å². The van der Waals surface area contributed by atoms with E-state index in [2.05, 4.69) is 32.1 Å². The Bertz CT molecular complexity index is 750. The third-order valence-electron chi connectivity index (χ3n) is 3.93. The van der Waals surface area contributed by atoms with Crippen LogP contribution in [0, 0.1) is 0 Å². The number of nitrogens with one attached hydrogen (secondary N) is 2. The quantitative estimate of drug-likeness (QED) is 0.271. The summed E-state index contributed by atoms with van der Waals surface area (Å²) in [7, 11) is 0.240. The van der Waals surface area contributed by atoms with Gasteiger partial charge < -0.3 is 15.0 Å². The van der Waals surface area contributed by atoms with Crippen molar-refractivity contribution in [1.82, 2.24) is 14.9 Å². The average Bonchev–Trinajstić information content (AvgIpc) is 2.61. The largest absolute Gasteiger partial charge is 0.497 e. The van der Waals surface area contributed by atoms with Crippen LogP contribution in [0.2, 0.25) is 0 Å². The number of hydrogen-bond acceptors (Lipinski definition) is 4. The van der Waals surface area contributed by atoms with Crippen molar-refractivity contribution in [3.05, 3.63) is 35.9 Å². The van der Waals surface area contributed by atoms with Crippen LogP contribution < -0.4 is 14.8 Å². The van der Waals surface area contributed by atoms with Crippen LogP contribution in [0.5, 0.6) is 5.75 Å². The van der Waals surface area contributed by atoms with Crippen molar-refractivity contribution in [2.24, 2.45) is 4.99 Å². The summed E-state index contributed by atoms with van der Waals surface area (Å²) in [5, 5.41) is 3.18. The van der Waals surface area contributed by atoms with Gasteiger partial charge in [-0.2, -0.15) is 0 Å². The molecule has 0 spiro atoms. The van der Waals surface area contributed by atoms with Crippen LogP contribution in [0.4, 0.5) is 0 Å². The summed E-state index contributed by atoms with van der Waals surface area (Å²) in [6.07, 6.45) is 4.26. The summed E-state index contributed by atoms with van der Waals surface area (Å²) in [5.41, 5.74) is 2.48. The molecule has 0 saturated carbocycles. The number of halogens is 1. The predicted octanol–water partition coefficient (Wildman–Crippen LogP) is 1.53. The van der Waals surface area contributed by atoms with Gasteiger partial charge in [0.15, 0.2) is 5.96 Å². The van der Waals surface area contributed by atoms with Gasteiger partial charge in [0.1, 0.15) is 5.75 Å². The van der Waals surface area contributed by atoms with Gasteiger partial charge >= 0.3 is 0 Å². The second kappa shape index (κ2) is 10.7. The molecule has 0 radical (unpaired) electrons. The zero-order chi connectivity index (χ0) is 18.3. The van der Waals surface area contributed by atoms with E-state index in [1.54, 1.807) is 14.2 Å². The monoisotopic (exact) mass is 494 g/mol. The number of rotatable bonds is 6. The molecular weight excluding hydrogens is 467 g/mol. The smallest absolute Gasteiger partial charge is 0.208 e. The topological polar surface area (TPSA) is 83.0 Å². The van der Waals surface area contributed by atoms with Crippen molar-refractivity contribution >= 4 is 45.5 Å². The Morgan fingerprint density at radius 3 is 2.69 bits per heavy atom. The zero-order valence-corrected chi connectivity index (χ0v) is 18.5. The van der Waals surface area contributed by atoms with E-state index < -0.39 is 10.0 Å². The molecular formula is C17H27IN4O3S. The molecule has 1 heterocycles. The van der Waals surface area contributed by atoms with Crippen molar-refractivity contribution in [2.45, 2.75) is 6.42 Å². The van der Waals surface area contributed by atoms with Crippen LogP contribution in [0.25, 0.3) is 5.57 Å². The first-order valence-electron chi connectivity index (χ1n) is 8.16. The molecule has 0 aromatic heterocycles. The van der Waals surface area contributed by atoms with E-state index in [1.807, 2.05) is 18.2 Å². The maximum absolute atomic E-state index is 11.1. The Labute approximate surface area is 173 Å². The van der Waals surface area contributed by atoms with E-state index in [9.17, 15) is 8.42 Å². The highest BCUT2D eigenvalue weighted by Gasteiger charge is 2.16. The molecule has 2 rings (SSSR count). The molecule has 0 atom stereocenters. The van der Waals surface area contributed by atoms with Crippen LogP contribution in [-0.2, 0) is 10.0 Å². The lowest BCUT2D eigenvalue weighted by atomic mass is 9.99. The van der Waals surface area contributed by atoms with Crippen molar-refractivity contribution in [3.8, 4) is 5.75 Å². The maximum Gasteiger partial charge on any atom is 0.208 e. The Hall–Kier alpha value is -1.33. The van der Waals surface area contributed by atoms with Gasteiger partial charge in [0, 0.05) is 33.2 Å². The number of aliphatic imine (C=N–C) groups is 1. The predicted molar refractivity (Wildman–Crippen MR) is 117 cm³/mol. The first-order chi connectivity index (χ1) is 11.9. The highest BCUT2D eigenvalue weighted by Crippen LogP contribution is 2.25. The van der Waals surface area contributed by atoms with Crippen LogP contribution in [0.15, 0.2) is 35.3 Å². The lowest BCUT2D eigenvalue weighted by Crippen LogP contribution is -2.45. The minimum absolute atomic E-state index is 0. The van der Waals surface area contributed by atoms with E-state index in [0.29, 0.717) is 13.1 Å². The maximum atomic E-state index is 11.1. The minimum Gasteiger partial charge on any atom is -0.497 e. The summed E-state index contributed by atoms with van der Waals surface area (Å²) >= 11 is 0. The molecule has 0 amide bonds. The summed E-state index contributed by atoms with van der Waals surface area (Å²) in [4.78, 5) is 6.42. The van der Waals surface area contributed by atoms with E-state index in [1.165, 1.54) is 11.1 Å². The lowest BCUT2D eigenvalue weighted by molar-refractivity contribution is 0.414. The summed E-state index contributed by atoms with van der Waals surface area (Å²) in [5.74, 6) is 1.63. The molecule has 9 heteroatoms. The third-order valence-corrected chi connectivity index (χ3v) is 4.66. The highest BCUT2D eigenvalue weighted by molar-refractivity contribution is 14.0. The van der Waals surface area contributed by atoms with Gasteiger partial charge in [-0.05, 0) is 29.7 Å². The number of nitrogens with zero attached hydrogens (tertiary/aromatic N) is 2. The first-order valence-corrected chi connectivity index (χ1v) is 10.1. The molecule has 0 unspecified atom stereocenters. The molecule has 1 aliphatic heterocycles. The van der Waals surface area contributed by atoms with E-state index in [4.69, 9.17) is 4.74 Å². The number of methoxy groups -OCH3 is 1. The standard InChI is InChI=1S/C17H26N4O3S.HI/c1-18-17(19-9-10-20-25(3,22)23)21-11-7-14(8-12-21)15-5-4-6-16(13-15)24-2;/h4-7,13,20H,8-12H2,1-3H3,(H,18,19);1H. The van der Waals surface area contributed by atoms with Crippen molar-refractivity contribution in [2.75, 3.05) is 46.6 Å². The lowest BCUT2D eigenvalue weighted by Gasteiger charge is -2.30. The van der Waals surface area contributed by atoms with E-state index in [-0.39, 0.29) is 24.0 Å². The van der Waals surface area contributed by atoms with Gasteiger partial charge in [-0.3, -0.25) is 4.99 Å². The Morgan fingerprint density at radius 1 is 1.35 bits per heavy atom. The normalized spacial score (nSPS) is 15.1. The Balaban J connectivity index is 0.00000338. The fraction of sp³-hybridized carbons (Fsp3) is 0.471. The van der Waals surface area contributed by atoms with Gasteiger partial charge in [-0.25, -0.2) is 13.1 Å². The fourth-order valence-corrected chi connectivity index (χ4v) is 3.16. The van der Waals surface area contributed by atoms with Gasteiger partial charge in [-0.1, -0.05) is 18.2 Å². The number of benzene rings is 1. The number of sulfonamides is 1. The molecule has 26 heavy (non-hydrogen) atoms. The average molecular weight is 494 g/mol. The molecule has 0 fully saturated rings. The Morgan fingerprint density at radius 2 is 2.12 bits per heavy atom. The number of hydrogen-bond donors (Lipinski definition) is 2. The summed E-state index contributed by atoms with van der Waals surface area (Å²) in [6, 6.07) is 8.07. The third kappa shape index (κ3) is 7.12. The molecule has 2 N–H and O–H groups in total. The highest BCUT2D eigenvalue weighted by atomic mass is 127. The van der Waals surface area contributed by atoms with Crippen molar-refractivity contribution in [3.63, 3.8) is 0 Å². The SMILES string of the molecule is CN=C(NCCNS(C)(=O)=O)N1CC=C(c2cccc(OC)c2)CC1.I. The van der Waals surface area contributed by atoms with E-state index >= 15 is 0 Å². The molecule has 7 nitrogen and oxygen atoms in total. The molecule has 1 aromatic carbocycles. The van der Waals surface area contributed by atoms with Crippen LogP contribution in [-0.4, -0.2) is 65.9 Å². The van der Waals surface area contributed by atoms with Crippen molar-refractivity contribution < 1.29 is 13.2 Å². The summed E-state index contributed by atoms with van der Waals surface area (Å²) < 4.78 is 29.9. The van der Waals surface area contributed by atoms with Crippen molar-refractivity contribution in [1.29, 1.82) is 0 Å². The minimum atomic E-state index is -3.16. The van der Waals surface area contributed by atoms with Gasteiger partial charge in [-0.15, -0.1) is 24.0 Å². The van der Waals surface area contributed by atoms with Gasteiger partial charge in [0.25, 0.3) is 0 Å². The van der Waals surface area contributed by atoms with E-state index in [0.717, 1.165) is 37.5 Å². The molecule has 146 valence electrons.